The molecule has 0 amide bonds. The molecule has 0 spiro atoms. The molecular weight excluding hydrogens is 188 g/mol. The number of ether oxygens (including phenoxy) is 4. The third-order valence-electron chi connectivity index (χ3n) is 2.16. The minimum absolute atomic E-state index is 0.409. The zero-order valence-corrected chi connectivity index (χ0v) is 8.18. The maximum atomic E-state index is 5.14. The zero-order valence-electron chi connectivity index (χ0n) is 8.18. The van der Waals surface area contributed by atoms with Crippen LogP contribution in [-0.4, -0.2) is 63.4 Å². The van der Waals surface area contributed by atoms with Gasteiger partial charge in [0.2, 0.25) is 0 Å². The minimum Gasteiger partial charge on any atom is -0.340 e. The lowest BCUT2D eigenvalue weighted by molar-refractivity contribution is -0.199. The molecule has 2 heterocycles. The number of nitrogens with zero attached hydrogens (tertiary/aromatic N) is 2. The van der Waals surface area contributed by atoms with Crippen molar-refractivity contribution in [1.29, 1.82) is 0 Å². The first-order valence-corrected chi connectivity index (χ1v) is 4.71. The van der Waals surface area contributed by atoms with Crippen molar-refractivity contribution in [2.45, 2.75) is 0 Å². The molecule has 2 aliphatic heterocycles. The van der Waals surface area contributed by atoms with Crippen molar-refractivity contribution in [2.24, 2.45) is 0 Å². The predicted octanol–water partition coefficient (Wildman–Crippen LogP) is -0.571. The van der Waals surface area contributed by atoms with Crippen LogP contribution in [0.3, 0.4) is 0 Å². The smallest absolute Gasteiger partial charge is 0.150 e. The fourth-order valence-electron chi connectivity index (χ4n) is 1.40. The summed E-state index contributed by atoms with van der Waals surface area (Å²) >= 11 is 0. The van der Waals surface area contributed by atoms with E-state index in [-0.39, 0.29) is 0 Å². The summed E-state index contributed by atoms with van der Waals surface area (Å²) in [5, 5.41) is 0. The molecule has 6 nitrogen and oxygen atoms in total. The highest BCUT2D eigenvalue weighted by molar-refractivity contribution is 4.56. The molecule has 2 aliphatic rings. The number of hydrogen-bond acceptors (Lipinski definition) is 6. The maximum absolute atomic E-state index is 5.14. The van der Waals surface area contributed by atoms with Crippen molar-refractivity contribution in [1.82, 2.24) is 9.80 Å². The van der Waals surface area contributed by atoms with Crippen molar-refractivity contribution >= 4 is 0 Å². The van der Waals surface area contributed by atoms with Gasteiger partial charge in [0.15, 0.2) is 0 Å². The van der Waals surface area contributed by atoms with Crippen LogP contribution >= 0.6 is 0 Å². The van der Waals surface area contributed by atoms with Gasteiger partial charge in [-0.1, -0.05) is 0 Å². The zero-order chi connectivity index (χ0) is 9.64. The van der Waals surface area contributed by atoms with Gasteiger partial charge in [0.05, 0.1) is 0 Å². The van der Waals surface area contributed by atoms with Crippen LogP contribution < -0.4 is 0 Å². The van der Waals surface area contributed by atoms with E-state index >= 15 is 0 Å². The van der Waals surface area contributed by atoms with E-state index in [1.807, 2.05) is 0 Å². The van der Waals surface area contributed by atoms with E-state index in [2.05, 4.69) is 9.80 Å². The topological polar surface area (TPSA) is 43.4 Å². The van der Waals surface area contributed by atoms with E-state index in [4.69, 9.17) is 18.9 Å². The molecule has 0 aromatic heterocycles. The fourth-order valence-corrected chi connectivity index (χ4v) is 1.40. The Balaban J connectivity index is 1.60. The molecule has 0 aromatic rings. The van der Waals surface area contributed by atoms with Crippen molar-refractivity contribution in [2.75, 3.05) is 53.6 Å². The lowest BCUT2D eigenvalue weighted by atomic mass is 10.5. The van der Waals surface area contributed by atoms with E-state index < -0.39 is 0 Å². The number of rotatable bonds is 3. The van der Waals surface area contributed by atoms with Crippen molar-refractivity contribution in [3.63, 3.8) is 0 Å². The van der Waals surface area contributed by atoms with Gasteiger partial charge >= 0.3 is 0 Å². The van der Waals surface area contributed by atoms with Gasteiger partial charge in [-0.2, -0.15) is 0 Å². The molecule has 0 N–H and O–H groups in total. The van der Waals surface area contributed by atoms with Crippen LogP contribution in [0.15, 0.2) is 0 Å². The summed E-state index contributed by atoms with van der Waals surface area (Å²) in [4.78, 5) is 4.19. The Morgan fingerprint density at radius 2 is 1.00 bits per heavy atom. The Bertz CT molecular complexity index is 139. The van der Waals surface area contributed by atoms with E-state index in [1.165, 1.54) is 0 Å². The summed E-state index contributed by atoms with van der Waals surface area (Å²) in [5.41, 5.74) is 0. The third kappa shape index (κ3) is 3.16. The molecule has 0 bridgehead atoms. The second-order valence-corrected chi connectivity index (χ2v) is 3.36. The summed E-state index contributed by atoms with van der Waals surface area (Å²) in [6.07, 6.45) is 0. The maximum Gasteiger partial charge on any atom is 0.150 e. The molecule has 2 saturated heterocycles. The van der Waals surface area contributed by atoms with Gasteiger partial charge in [-0.3, -0.25) is 9.80 Å². The van der Waals surface area contributed by atoms with Crippen molar-refractivity contribution < 1.29 is 18.9 Å². The van der Waals surface area contributed by atoms with E-state index in [0.29, 0.717) is 40.5 Å². The summed E-state index contributed by atoms with van der Waals surface area (Å²) in [5.74, 6) is 0. The van der Waals surface area contributed by atoms with Crippen molar-refractivity contribution in [3.8, 4) is 0 Å². The lowest BCUT2D eigenvalue weighted by Gasteiger charge is -2.31. The van der Waals surface area contributed by atoms with Crippen LogP contribution in [0, 0.1) is 0 Å². The molecule has 0 atom stereocenters. The SMILES string of the molecule is C1OCN(CCN2COCOC2)CO1. The fraction of sp³-hybridized carbons (Fsp3) is 1.00. The van der Waals surface area contributed by atoms with Gasteiger partial charge in [-0.05, 0) is 0 Å². The Morgan fingerprint density at radius 3 is 1.36 bits per heavy atom. The van der Waals surface area contributed by atoms with Gasteiger partial charge in [0, 0.05) is 13.1 Å². The average Bonchev–Trinajstić information content (AvgIpc) is 2.29. The summed E-state index contributed by atoms with van der Waals surface area (Å²) in [7, 11) is 0. The normalized spacial score (nSPS) is 26.6. The third-order valence-corrected chi connectivity index (χ3v) is 2.16. The van der Waals surface area contributed by atoms with E-state index in [0.717, 1.165) is 13.1 Å². The summed E-state index contributed by atoms with van der Waals surface area (Å²) in [6.45, 7) is 5.23. The highest BCUT2D eigenvalue weighted by Gasteiger charge is 2.14. The van der Waals surface area contributed by atoms with Crippen LogP contribution in [0.5, 0.6) is 0 Å². The Morgan fingerprint density at radius 1 is 0.643 bits per heavy atom. The highest BCUT2D eigenvalue weighted by atomic mass is 16.7. The molecule has 0 aliphatic carbocycles. The molecule has 2 rings (SSSR count). The molecular formula is C8H16N2O4. The largest absolute Gasteiger partial charge is 0.340 e. The van der Waals surface area contributed by atoms with Crippen LogP contribution in [0.4, 0.5) is 0 Å². The molecule has 0 aromatic carbocycles. The van der Waals surface area contributed by atoms with Crippen LogP contribution in [0.1, 0.15) is 0 Å². The first-order valence-electron chi connectivity index (χ1n) is 4.71. The van der Waals surface area contributed by atoms with Gasteiger partial charge in [0.25, 0.3) is 0 Å². The molecule has 0 saturated carbocycles. The van der Waals surface area contributed by atoms with Gasteiger partial charge in [0.1, 0.15) is 40.5 Å². The molecule has 0 radical (unpaired) electrons. The summed E-state index contributed by atoms with van der Waals surface area (Å²) in [6, 6.07) is 0. The van der Waals surface area contributed by atoms with E-state index in [9.17, 15) is 0 Å². The Labute approximate surface area is 83.3 Å². The molecule has 2 fully saturated rings. The first kappa shape index (κ1) is 10.3. The standard InChI is InChI=1S/C8H16N2O4/c1(9-3-11-7-12-4-9)2-10-5-13-8-14-6-10/h1-8H2. The lowest BCUT2D eigenvalue weighted by Crippen LogP contribution is -2.43. The summed E-state index contributed by atoms with van der Waals surface area (Å²) < 4.78 is 20.6. The highest BCUT2D eigenvalue weighted by Crippen LogP contribution is 2.01. The molecule has 14 heavy (non-hydrogen) atoms. The van der Waals surface area contributed by atoms with E-state index in [1.54, 1.807) is 0 Å². The Hall–Kier alpha value is -0.240. The number of hydrogen-bond donors (Lipinski definition) is 0. The predicted molar refractivity (Wildman–Crippen MR) is 47.0 cm³/mol. The van der Waals surface area contributed by atoms with Crippen molar-refractivity contribution in [3.05, 3.63) is 0 Å². The van der Waals surface area contributed by atoms with Gasteiger partial charge in [-0.25, -0.2) is 0 Å². The average molecular weight is 204 g/mol. The second kappa shape index (κ2) is 5.59. The Kier molecular flexibility index (Phi) is 4.11. The van der Waals surface area contributed by atoms with Crippen LogP contribution in [0.2, 0.25) is 0 Å². The monoisotopic (exact) mass is 204 g/mol. The molecule has 0 unspecified atom stereocenters. The van der Waals surface area contributed by atoms with Gasteiger partial charge < -0.3 is 18.9 Å². The van der Waals surface area contributed by atoms with Crippen LogP contribution in [0.25, 0.3) is 0 Å². The minimum atomic E-state index is 0.409. The quantitative estimate of drug-likeness (QED) is 0.613. The first-order chi connectivity index (χ1) is 6.95. The molecule has 82 valence electrons. The van der Waals surface area contributed by atoms with Gasteiger partial charge in [-0.15, -0.1) is 0 Å². The second-order valence-electron chi connectivity index (χ2n) is 3.36. The van der Waals surface area contributed by atoms with Crippen LogP contribution in [-0.2, 0) is 18.9 Å². The molecule has 6 heteroatoms.